The van der Waals surface area contributed by atoms with Gasteiger partial charge in [-0.2, -0.15) is 4.98 Å². The summed E-state index contributed by atoms with van der Waals surface area (Å²) in [6, 6.07) is 8.34. The monoisotopic (exact) mass is 359 g/mol. The molecule has 0 radical (unpaired) electrons. The summed E-state index contributed by atoms with van der Waals surface area (Å²) in [4.78, 5) is 16.5. The van der Waals surface area contributed by atoms with Crippen molar-refractivity contribution in [2.75, 3.05) is 5.75 Å². The number of amides is 1. The van der Waals surface area contributed by atoms with Crippen molar-refractivity contribution in [2.24, 2.45) is 5.92 Å². The van der Waals surface area contributed by atoms with E-state index in [2.05, 4.69) is 22.4 Å². The largest absolute Gasteiger partial charge is 0.352 e. The number of carbonyl (C=O) groups is 1. The molecule has 2 aromatic rings. The second kappa shape index (κ2) is 8.52. The standard InChI is InChI=1S/C19H25N3O2S/c1-13-7-9-15(10-8-13)19-21-18(24-22-19)12-25-11-17(23)20-16-6-4-3-5-14(16)2/h7-10,14,16H,3-6,11-12H2,1-2H3,(H,20,23)/t14-,16+/m1/s1. The number of carbonyl (C=O) groups excluding carboxylic acids is 1. The van der Waals surface area contributed by atoms with Crippen molar-refractivity contribution >= 4 is 17.7 Å². The third-order valence-corrected chi connectivity index (χ3v) is 5.61. The topological polar surface area (TPSA) is 68.0 Å². The molecule has 25 heavy (non-hydrogen) atoms. The lowest BCUT2D eigenvalue weighted by molar-refractivity contribution is -0.119. The zero-order valence-electron chi connectivity index (χ0n) is 14.8. The molecule has 1 heterocycles. The summed E-state index contributed by atoms with van der Waals surface area (Å²) in [6.45, 7) is 4.27. The molecule has 1 aromatic heterocycles. The second-order valence-corrected chi connectivity index (χ2v) is 7.79. The number of hydrogen-bond acceptors (Lipinski definition) is 5. The van der Waals surface area contributed by atoms with Gasteiger partial charge in [-0.3, -0.25) is 4.79 Å². The molecule has 0 saturated heterocycles. The Morgan fingerprint density at radius 2 is 2.04 bits per heavy atom. The smallest absolute Gasteiger partial charge is 0.236 e. The van der Waals surface area contributed by atoms with E-state index in [0.29, 0.717) is 35.2 Å². The molecule has 134 valence electrons. The molecule has 1 aliphatic rings. The fourth-order valence-corrected chi connectivity index (χ4v) is 3.81. The lowest BCUT2D eigenvalue weighted by atomic mass is 9.86. The van der Waals surface area contributed by atoms with Crippen LogP contribution in [0.4, 0.5) is 0 Å². The van der Waals surface area contributed by atoms with Gasteiger partial charge in [0, 0.05) is 11.6 Å². The van der Waals surface area contributed by atoms with Gasteiger partial charge in [0.25, 0.3) is 0 Å². The van der Waals surface area contributed by atoms with E-state index >= 15 is 0 Å². The van der Waals surface area contributed by atoms with E-state index in [0.717, 1.165) is 12.0 Å². The maximum absolute atomic E-state index is 12.1. The van der Waals surface area contributed by atoms with Crippen LogP contribution in [0.25, 0.3) is 11.4 Å². The molecule has 0 spiro atoms. The van der Waals surface area contributed by atoms with Crippen LogP contribution >= 0.6 is 11.8 Å². The fourth-order valence-electron chi connectivity index (χ4n) is 3.14. The molecule has 0 unspecified atom stereocenters. The quantitative estimate of drug-likeness (QED) is 0.845. The average Bonchev–Trinajstić information content (AvgIpc) is 3.06. The molecular weight excluding hydrogens is 334 g/mol. The summed E-state index contributed by atoms with van der Waals surface area (Å²) < 4.78 is 5.28. The molecular formula is C19H25N3O2S. The van der Waals surface area contributed by atoms with Crippen LogP contribution in [0, 0.1) is 12.8 Å². The van der Waals surface area contributed by atoms with Crippen molar-refractivity contribution in [1.29, 1.82) is 0 Å². The molecule has 1 aliphatic carbocycles. The molecule has 6 heteroatoms. The molecule has 1 amide bonds. The maximum atomic E-state index is 12.1. The van der Waals surface area contributed by atoms with Crippen LogP contribution in [0.1, 0.15) is 44.1 Å². The minimum Gasteiger partial charge on any atom is -0.352 e. The molecule has 2 atom stereocenters. The lowest BCUT2D eigenvalue weighted by Gasteiger charge is -2.29. The first-order chi connectivity index (χ1) is 12.1. The number of benzene rings is 1. The van der Waals surface area contributed by atoms with Crippen LogP contribution in [0.5, 0.6) is 0 Å². The summed E-state index contributed by atoms with van der Waals surface area (Å²) in [5, 5.41) is 7.18. The highest BCUT2D eigenvalue weighted by molar-refractivity contribution is 7.99. The molecule has 1 saturated carbocycles. The zero-order chi connectivity index (χ0) is 17.6. The van der Waals surface area contributed by atoms with Crippen molar-refractivity contribution in [1.82, 2.24) is 15.5 Å². The van der Waals surface area contributed by atoms with Crippen LogP contribution in [0.2, 0.25) is 0 Å². The number of aromatic nitrogens is 2. The number of hydrogen-bond donors (Lipinski definition) is 1. The minimum atomic E-state index is 0.0991. The number of rotatable bonds is 6. The van der Waals surface area contributed by atoms with Crippen molar-refractivity contribution in [3.63, 3.8) is 0 Å². The Balaban J connectivity index is 1.44. The van der Waals surface area contributed by atoms with Gasteiger partial charge in [-0.1, -0.05) is 54.8 Å². The maximum Gasteiger partial charge on any atom is 0.236 e. The highest BCUT2D eigenvalue weighted by atomic mass is 32.2. The Morgan fingerprint density at radius 1 is 1.28 bits per heavy atom. The van der Waals surface area contributed by atoms with E-state index in [1.165, 1.54) is 36.6 Å². The summed E-state index contributed by atoms with van der Waals surface area (Å²) >= 11 is 1.51. The molecule has 1 aromatic carbocycles. The van der Waals surface area contributed by atoms with E-state index < -0.39 is 0 Å². The van der Waals surface area contributed by atoms with E-state index in [1.807, 2.05) is 31.2 Å². The van der Waals surface area contributed by atoms with Gasteiger partial charge in [0.1, 0.15) is 0 Å². The number of thioether (sulfide) groups is 1. The van der Waals surface area contributed by atoms with Gasteiger partial charge in [0.15, 0.2) is 0 Å². The zero-order valence-corrected chi connectivity index (χ0v) is 15.6. The van der Waals surface area contributed by atoms with E-state index in [4.69, 9.17) is 4.52 Å². The third kappa shape index (κ3) is 5.08. The van der Waals surface area contributed by atoms with Crippen LogP contribution in [0.3, 0.4) is 0 Å². The van der Waals surface area contributed by atoms with Crippen molar-refractivity contribution in [2.45, 2.75) is 51.3 Å². The SMILES string of the molecule is Cc1ccc(-c2noc(CSCC(=O)N[C@H]3CCCC[C@H]3C)n2)cc1. The number of nitrogens with zero attached hydrogens (tertiary/aromatic N) is 2. The normalized spacial score (nSPS) is 20.4. The van der Waals surface area contributed by atoms with Crippen LogP contribution in [-0.2, 0) is 10.5 Å². The highest BCUT2D eigenvalue weighted by Gasteiger charge is 2.22. The summed E-state index contributed by atoms with van der Waals surface area (Å²) in [7, 11) is 0. The molecule has 3 rings (SSSR count). The van der Waals surface area contributed by atoms with Gasteiger partial charge < -0.3 is 9.84 Å². The first-order valence-electron chi connectivity index (χ1n) is 8.88. The predicted octanol–water partition coefficient (Wildman–Crippen LogP) is 3.97. The Hall–Kier alpha value is -1.82. The van der Waals surface area contributed by atoms with Crippen molar-refractivity contribution in [3.8, 4) is 11.4 Å². The van der Waals surface area contributed by atoms with Gasteiger partial charge in [0.05, 0.1) is 11.5 Å². The summed E-state index contributed by atoms with van der Waals surface area (Å²) in [5.74, 6) is 2.80. The van der Waals surface area contributed by atoms with Gasteiger partial charge >= 0.3 is 0 Å². The van der Waals surface area contributed by atoms with Gasteiger partial charge in [-0.05, 0) is 25.7 Å². The second-order valence-electron chi connectivity index (χ2n) is 6.81. The summed E-state index contributed by atoms with van der Waals surface area (Å²) in [6.07, 6.45) is 4.80. The van der Waals surface area contributed by atoms with Gasteiger partial charge in [-0.15, -0.1) is 11.8 Å². The van der Waals surface area contributed by atoms with Crippen LogP contribution in [-0.4, -0.2) is 27.8 Å². The Morgan fingerprint density at radius 3 is 2.80 bits per heavy atom. The molecule has 0 aliphatic heterocycles. The number of nitrogens with one attached hydrogen (secondary N) is 1. The van der Waals surface area contributed by atoms with Gasteiger partial charge in [-0.25, -0.2) is 0 Å². The Kier molecular flexibility index (Phi) is 6.13. The van der Waals surface area contributed by atoms with E-state index in [1.54, 1.807) is 0 Å². The van der Waals surface area contributed by atoms with Gasteiger partial charge in [0.2, 0.25) is 17.6 Å². The average molecular weight is 359 g/mol. The molecule has 5 nitrogen and oxygen atoms in total. The minimum absolute atomic E-state index is 0.0991. The fraction of sp³-hybridized carbons (Fsp3) is 0.526. The van der Waals surface area contributed by atoms with E-state index in [-0.39, 0.29) is 5.91 Å². The molecule has 1 fully saturated rings. The third-order valence-electron chi connectivity index (χ3n) is 4.69. The first kappa shape index (κ1) is 18.0. The predicted molar refractivity (Wildman–Crippen MR) is 100 cm³/mol. The Bertz CT molecular complexity index is 699. The molecule has 0 bridgehead atoms. The van der Waals surface area contributed by atoms with E-state index in [9.17, 15) is 4.79 Å². The highest BCUT2D eigenvalue weighted by Crippen LogP contribution is 2.24. The molecule has 1 N–H and O–H groups in total. The number of aryl methyl sites for hydroxylation is 1. The van der Waals surface area contributed by atoms with Crippen LogP contribution in [0.15, 0.2) is 28.8 Å². The van der Waals surface area contributed by atoms with Crippen LogP contribution < -0.4 is 5.32 Å². The summed E-state index contributed by atoms with van der Waals surface area (Å²) in [5.41, 5.74) is 2.14. The Labute approximate surface area is 153 Å². The van der Waals surface area contributed by atoms with Crippen molar-refractivity contribution < 1.29 is 9.32 Å². The van der Waals surface area contributed by atoms with Crippen molar-refractivity contribution in [3.05, 3.63) is 35.7 Å². The lowest BCUT2D eigenvalue weighted by Crippen LogP contribution is -2.41. The first-order valence-corrected chi connectivity index (χ1v) is 10.0.